The summed E-state index contributed by atoms with van der Waals surface area (Å²) in [6.07, 6.45) is 11.9. The monoisotopic (exact) mass is 547 g/mol. The minimum Gasteiger partial charge on any atom is -0.491 e. The van der Waals surface area contributed by atoms with Gasteiger partial charge in [-0.25, -0.2) is 13.1 Å². The summed E-state index contributed by atoms with van der Waals surface area (Å²) in [4.78, 5) is 29.5. The molecule has 38 heavy (non-hydrogen) atoms. The van der Waals surface area contributed by atoms with Gasteiger partial charge in [0, 0.05) is 33.6 Å². The summed E-state index contributed by atoms with van der Waals surface area (Å²) in [6, 6.07) is 4.34. The van der Waals surface area contributed by atoms with E-state index >= 15 is 0 Å². The molecule has 8 nitrogen and oxygen atoms in total. The summed E-state index contributed by atoms with van der Waals surface area (Å²) in [5.41, 5.74) is 0.205. The highest BCUT2D eigenvalue weighted by Crippen LogP contribution is 2.27. The normalized spacial score (nSPS) is 21.5. The van der Waals surface area contributed by atoms with Gasteiger partial charge in [-0.1, -0.05) is 45.3 Å². The number of ether oxygens (including phenoxy) is 1. The zero-order chi connectivity index (χ0) is 27.7. The number of amides is 2. The molecule has 2 aliphatic rings. The van der Waals surface area contributed by atoms with Crippen LogP contribution in [-0.2, 0) is 14.8 Å². The Labute approximate surface area is 228 Å². The molecule has 0 bridgehead atoms. The number of carbonyl (C=O) groups is 2. The quantitative estimate of drug-likeness (QED) is 0.525. The van der Waals surface area contributed by atoms with E-state index in [-0.39, 0.29) is 34.9 Å². The molecule has 1 saturated carbocycles. The van der Waals surface area contributed by atoms with Crippen LogP contribution in [0, 0.1) is 11.8 Å². The molecular weight excluding hydrogens is 502 g/mol. The molecule has 212 valence electrons. The van der Waals surface area contributed by atoms with Crippen LogP contribution < -0.4 is 9.46 Å². The van der Waals surface area contributed by atoms with Crippen LogP contribution in [0.15, 0.2) is 35.2 Å². The van der Waals surface area contributed by atoms with E-state index in [2.05, 4.69) is 18.6 Å². The Morgan fingerprint density at radius 2 is 1.87 bits per heavy atom. The average Bonchev–Trinajstić information content (AvgIpc) is 2.88. The SMILES string of the molecule is CC(=O)N1CCC/C=C/CN(C)C(=O)c2cc(S(=O)(=O)NCC3CCCCC3)ccc2OC[C@@H]1CC(C)C. The fourth-order valence-corrected chi connectivity index (χ4v) is 6.44. The fraction of sp³-hybridized carbons (Fsp3) is 0.655. The molecule has 2 amide bonds. The first-order valence-electron chi connectivity index (χ1n) is 14.0. The molecule has 1 atom stereocenters. The zero-order valence-electron chi connectivity index (χ0n) is 23.4. The van der Waals surface area contributed by atoms with Crippen LogP contribution in [0.3, 0.4) is 0 Å². The van der Waals surface area contributed by atoms with E-state index in [0.717, 1.165) is 44.9 Å². The highest BCUT2D eigenvalue weighted by atomic mass is 32.2. The van der Waals surface area contributed by atoms with Gasteiger partial charge >= 0.3 is 0 Å². The van der Waals surface area contributed by atoms with Crippen molar-refractivity contribution in [3.8, 4) is 5.75 Å². The second-order valence-corrected chi connectivity index (χ2v) is 12.9. The lowest BCUT2D eigenvalue weighted by atomic mass is 9.90. The molecule has 9 heteroatoms. The van der Waals surface area contributed by atoms with Gasteiger partial charge in [0.1, 0.15) is 12.4 Å². The second-order valence-electron chi connectivity index (χ2n) is 11.1. The van der Waals surface area contributed by atoms with Crippen molar-refractivity contribution in [3.63, 3.8) is 0 Å². The lowest BCUT2D eigenvalue weighted by Gasteiger charge is -2.32. The Kier molecular flexibility index (Phi) is 11.2. The summed E-state index contributed by atoms with van der Waals surface area (Å²) in [7, 11) is -2.09. The topological polar surface area (TPSA) is 96.0 Å². The van der Waals surface area contributed by atoms with Gasteiger partial charge in [-0.2, -0.15) is 0 Å². The Hall–Kier alpha value is -2.39. The van der Waals surface area contributed by atoms with E-state index in [0.29, 0.717) is 37.2 Å². The summed E-state index contributed by atoms with van der Waals surface area (Å²) < 4.78 is 35.3. The van der Waals surface area contributed by atoms with Crippen molar-refractivity contribution < 1.29 is 22.7 Å². The van der Waals surface area contributed by atoms with Crippen LogP contribution in [0.25, 0.3) is 0 Å². The molecular formula is C29H45N3O5S. The van der Waals surface area contributed by atoms with E-state index in [1.807, 2.05) is 17.1 Å². The Morgan fingerprint density at radius 1 is 1.13 bits per heavy atom. The van der Waals surface area contributed by atoms with E-state index in [9.17, 15) is 18.0 Å². The van der Waals surface area contributed by atoms with Crippen molar-refractivity contribution in [2.24, 2.45) is 11.8 Å². The summed E-state index contributed by atoms with van der Waals surface area (Å²) in [5.74, 6) is 0.707. The lowest BCUT2D eigenvalue weighted by molar-refractivity contribution is -0.132. The lowest BCUT2D eigenvalue weighted by Crippen LogP contribution is -2.44. The second kappa shape index (κ2) is 14.1. The van der Waals surface area contributed by atoms with Crippen molar-refractivity contribution in [3.05, 3.63) is 35.9 Å². The molecule has 0 saturated heterocycles. The van der Waals surface area contributed by atoms with Crippen LogP contribution in [0.5, 0.6) is 5.75 Å². The molecule has 1 N–H and O–H groups in total. The molecule has 0 unspecified atom stereocenters. The van der Waals surface area contributed by atoms with Crippen LogP contribution in [-0.4, -0.2) is 69.4 Å². The van der Waals surface area contributed by atoms with Gasteiger partial charge in [-0.05, 0) is 62.1 Å². The zero-order valence-corrected chi connectivity index (χ0v) is 24.3. The first-order chi connectivity index (χ1) is 18.1. The number of hydrogen-bond acceptors (Lipinski definition) is 5. The van der Waals surface area contributed by atoms with Crippen LogP contribution in [0.1, 0.15) is 82.5 Å². The average molecular weight is 548 g/mol. The van der Waals surface area contributed by atoms with Crippen LogP contribution in [0.4, 0.5) is 0 Å². The third kappa shape index (κ3) is 8.56. The predicted molar refractivity (Wildman–Crippen MR) is 150 cm³/mol. The van der Waals surface area contributed by atoms with Gasteiger partial charge in [0.2, 0.25) is 15.9 Å². The molecule has 1 heterocycles. The third-order valence-corrected chi connectivity index (χ3v) is 8.88. The maximum absolute atomic E-state index is 13.5. The Balaban J connectivity index is 1.91. The number of sulfonamides is 1. The number of carbonyl (C=O) groups excluding carboxylic acids is 2. The van der Waals surface area contributed by atoms with Crippen molar-refractivity contribution >= 4 is 21.8 Å². The minimum absolute atomic E-state index is 0.00293. The van der Waals surface area contributed by atoms with Crippen molar-refractivity contribution in [2.45, 2.75) is 83.1 Å². The Bertz CT molecular complexity index is 1080. The first-order valence-corrected chi connectivity index (χ1v) is 15.5. The number of fused-ring (bicyclic) bond motifs is 1. The maximum atomic E-state index is 13.5. The predicted octanol–water partition coefficient (Wildman–Crippen LogP) is 4.61. The largest absolute Gasteiger partial charge is 0.491 e. The number of rotatable bonds is 6. The van der Waals surface area contributed by atoms with E-state index < -0.39 is 10.0 Å². The minimum atomic E-state index is -3.78. The molecule has 1 fully saturated rings. The molecule has 1 aromatic rings. The van der Waals surface area contributed by atoms with E-state index in [1.165, 1.54) is 18.6 Å². The number of nitrogens with one attached hydrogen (secondary N) is 1. The maximum Gasteiger partial charge on any atom is 0.257 e. The highest BCUT2D eigenvalue weighted by Gasteiger charge is 2.26. The highest BCUT2D eigenvalue weighted by molar-refractivity contribution is 7.89. The molecule has 3 rings (SSSR count). The number of allylic oxidation sites excluding steroid dienone is 1. The van der Waals surface area contributed by atoms with Gasteiger partial charge in [0.25, 0.3) is 5.91 Å². The molecule has 1 aromatic carbocycles. The Morgan fingerprint density at radius 3 is 2.55 bits per heavy atom. The first kappa shape index (κ1) is 30.2. The van der Waals surface area contributed by atoms with Crippen molar-refractivity contribution in [2.75, 3.05) is 33.3 Å². The van der Waals surface area contributed by atoms with E-state index in [1.54, 1.807) is 24.9 Å². The van der Waals surface area contributed by atoms with Crippen molar-refractivity contribution in [1.29, 1.82) is 0 Å². The van der Waals surface area contributed by atoms with Gasteiger partial charge in [-0.3, -0.25) is 9.59 Å². The number of hydrogen-bond donors (Lipinski definition) is 1. The van der Waals surface area contributed by atoms with Gasteiger partial charge < -0.3 is 14.5 Å². The molecule has 1 aliphatic carbocycles. The smallest absolute Gasteiger partial charge is 0.257 e. The van der Waals surface area contributed by atoms with Gasteiger partial charge in [0.15, 0.2) is 0 Å². The molecule has 0 radical (unpaired) electrons. The molecule has 0 spiro atoms. The standard InChI is InChI=1S/C29H45N3O5S/c1-22(2)18-25-21-37-28-15-14-26(38(35,36)30-20-24-12-8-7-9-13-24)19-27(28)29(34)31(4)16-10-5-6-11-17-32(25)23(3)33/h5,10,14-15,19,22,24-25,30H,6-9,11-13,16-18,20-21H2,1-4H3/b10-5+/t25-/m0/s1. The van der Waals surface area contributed by atoms with Crippen LogP contribution >= 0.6 is 0 Å². The molecule has 1 aliphatic heterocycles. The van der Waals surface area contributed by atoms with Gasteiger partial charge in [-0.15, -0.1) is 0 Å². The summed E-state index contributed by atoms with van der Waals surface area (Å²) >= 11 is 0. The summed E-state index contributed by atoms with van der Waals surface area (Å²) in [5, 5.41) is 0. The van der Waals surface area contributed by atoms with Crippen LogP contribution in [0.2, 0.25) is 0 Å². The fourth-order valence-electron chi connectivity index (χ4n) is 5.30. The van der Waals surface area contributed by atoms with Gasteiger partial charge in [0.05, 0.1) is 16.5 Å². The van der Waals surface area contributed by atoms with Crippen molar-refractivity contribution in [1.82, 2.24) is 14.5 Å². The number of benzene rings is 1. The van der Waals surface area contributed by atoms with E-state index in [4.69, 9.17) is 4.74 Å². The third-order valence-electron chi connectivity index (χ3n) is 7.46. The summed E-state index contributed by atoms with van der Waals surface area (Å²) in [6.45, 7) is 7.45. The molecule has 0 aromatic heterocycles. The number of nitrogens with zero attached hydrogens (tertiary/aromatic N) is 2. The number of likely N-dealkylation sites (N-methyl/N-ethyl adjacent to an activating group) is 1.